The first-order chi connectivity index (χ1) is 23.4. The zero-order valence-corrected chi connectivity index (χ0v) is 31.7. The van der Waals surface area contributed by atoms with E-state index in [1.165, 1.54) is 17.5 Å². The van der Waals surface area contributed by atoms with Crippen molar-refractivity contribution in [3.63, 3.8) is 0 Å². The molecule has 4 aromatic rings. The molecule has 5 rings (SSSR count). The van der Waals surface area contributed by atoms with Gasteiger partial charge in [-0.1, -0.05) is 143 Å². The predicted octanol–water partition coefficient (Wildman–Crippen LogP) is 8.83. The Balaban J connectivity index is 1.67. The first kappa shape index (κ1) is 36.8. The summed E-state index contributed by atoms with van der Waals surface area (Å²) >= 11 is 13.0. The minimum atomic E-state index is -2.92. The Morgan fingerprint density at radius 2 is 1.45 bits per heavy atom. The van der Waals surface area contributed by atoms with Gasteiger partial charge in [0.2, 0.25) is 5.91 Å². The molecule has 8 heteroatoms. The number of hydrogen-bond donors (Lipinski definition) is 0. The van der Waals surface area contributed by atoms with E-state index in [4.69, 9.17) is 32.4 Å². The van der Waals surface area contributed by atoms with E-state index in [9.17, 15) is 9.59 Å². The highest BCUT2D eigenvalue weighted by atomic mass is 35.5. The number of esters is 1. The van der Waals surface area contributed by atoms with Gasteiger partial charge in [0.05, 0.1) is 37.6 Å². The van der Waals surface area contributed by atoms with Crippen molar-refractivity contribution < 1.29 is 18.8 Å². The highest BCUT2D eigenvalue weighted by molar-refractivity contribution is 6.99. The van der Waals surface area contributed by atoms with Crippen molar-refractivity contribution in [3.8, 4) is 0 Å². The lowest BCUT2D eigenvalue weighted by Gasteiger charge is -2.50. The smallest absolute Gasteiger partial charge is 0.309 e. The Bertz CT molecular complexity index is 1670. The van der Waals surface area contributed by atoms with Crippen LogP contribution in [0.1, 0.15) is 70.5 Å². The monoisotopic (exact) mass is 715 g/mol. The molecule has 0 bridgehead atoms. The van der Waals surface area contributed by atoms with Gasteiger partial charge in [0.1, 0.15) is 0 Å². The maximum Gasteiger partial charge on any atom is 0.309 e. The summed E-state index contributed by atoms with van der Waals surface area (Å²) in [4.78, 5) is 30.0. The van der Waals surface area contributed by atoms with Gasteiger partial charge in [0, 0.05) is 16.0 Å². The largest absolute Gasteiger partial charge is 0.469 e. The van der Waals surface area contributed by atoms with Gasteiger partial charge in [-0.2, -0.15) is 0 Å². The predicted molar refractivity (Wildman–Crippen MR) is 202 cm³/mol. The maximum absolute atomic E-state index is 15.0. The van der Waals surface area contributed by atoms with Gasteiger partial charge in [-0.05, 0) is 63.6 Å². The summed E-state index contributed by atoms with van der Waals surface area (Å²) in [6, 6.07) is 36.0. The lowest BCUT2D eigenvalue weighted by atomic mass is 9.71. The fraction of sp³-hybridized carbons (Fsp3) is 0.366. The van der Waals surface area contributed by atoms with Gasteiger partial charge in [0.15, 0.2) is 0 Å². The molecular formula is C41H47Cl2NO4Si. The summed E-state index contributed by atoms with van der Waals surface area (Å²) in [6.07, 6.45) is 1.11. The molecule has 2 unspecified atom stereocenters. The van der Waals surface area contributed by atoms with Crippen LogP contribution in [-0.4, -0.2) is 44.9 Å². The van der Waals surface area contributed by atoms with E-state index in [-0.39, 0.29) is 28.9 Å². The Morgan fingerprint density at radius 1 is 0.857 bits per heavy atom. The van der Waals surface area contributed by atoms with Crippen LogP contribution in [0, 0.1) is 11.8 Å². The summed E-state index contributed by atoms with van der Waals surface area (Å²) in [5.41, 5.74) is 1.98. The molecule has 0 N–H and O–H groups in total. The summed E-state index contributed by atoms with van der Waals surface area (Å²) in [5, 5.41) is 3.36. The summed E-state index contributed by atoms with van der Waals surface area (Å²) in [5.74, 6) is -1.86. The van der Waals surface area contributed by atoms with E-state index in [1.807, 2.05) is 59.5 Å². The molecule has 5 nitrogen and oxygen atoms in total. The lowest BCUT2D eigenvalue weighted by molar-refractivity contribution is -0.159. The van der Waals surface area contributed by atoms with Crippen molar-refractivity contribution in [2.24, 2.45) is 11.8 Å². The van der Waals surface area contributed by atoms with Crippen LogP contribution in [0.25, 0.3) is 0 Å². The standard InChI is InChI=1S/C41H47Cl2NO4Si/c1-7-33(27-48-49(41(3,4)5,34-17-10-8-11-18-34)35-19-12-9-13-20-35)44-38(29-21-23-31(42)24-22-29)37(30-15-14-16-32(43)25-30)26-36(39(44)45)28(2)40(46)47-6/h8-25,28,33,36-38H,7,26-27H2,1-6H3/t28?,33-,36-,37?,38+/m0/s1. The zero-order valence-electron chi connectivity index (χ0n) is 29.2. The highest BCUT2D eigenvalue weighted by Gasteiger charge is 2.52. The van der Waals surface area contributed by atoms with Crippen LogP contribution in [0.5, 0.6) is 0 Å². The highest BCUT2D eigenvalue weighted by Crippen LogP contribution is 2.49. The van der Waals surface area contributed by atoms with Crippen LogP contribution in [0.4, 0.5) is 0 Å². The lowest BCUT2D eigenvalue weighted by Crippen LogP contribution is -2.67. The second kappa shape index (κ2) is 15.6. The number of carbonyl (C=O) groups excluding carboxylic acids is 2. The minimum absolute atomic E-state index is 0.0750. The molecule has 1 aliphatic rings. The Labute approximate surface area is 302 Å². The summed E-state index contributed by atoms with van der Waals surface area (Å²) < 4.78 is 12.6. The Morgan fingerprint density at radius 3 is 1.96 bits per heavy atom. The van der Waals surface area contributed by atoms with E-state index in [2.05, 4.69) is 82.3 Å². The SMILES string of the molecule is CC[C@@H](CO[Si](c1ccccc1)(c1ccccc1)C(C)(C)C)N1C(=O)[C@H](C(C)C(=O)OC)CC(c2cccc(Cl)c2)[C@H]1c1ccc(Cl)cc1. The molecule has 0 spiro atoms. The van der Waals surface area contributed by atoms with Crippen LogP contribution in [0.3, 0.4) is 0 Å². The van der Waals surface area contributed by atoms with Crippen LogP contribution < -0.4 is 10.4 Å². The molecule has 4 aromatic carbocycles. The second-order valence-electron chi connectivity index (χ2n) is 14.1. The summed E-state index contributed by atoms with van der Waals surface area (Å²) in [7, 11) is -1.54. The molecular weight excluding hydrogens is 669 g/mol. The molecule has 1 aliphatic heterocycles. The number of likely N-dealkylation sites (tertiary alicyclic amines) is 1. The van der Waals surface area contributed by atoms with E-state index in [0.29, 0.717) is 29.5 Å². The molecule has 0 aliphatic carbocycles. The molecule has 0 aromatic heterocycles. The van der Waals surface area contributed by atoms with Gasteiger partial charge >= 0.3 is 5.97 Å². The first-order valence-electron chi connectivity index (χ1n) is 17.1. The molecule has 1 amide bonds. The number of halogens is 2. The van der Waals surface area contributed by atoms with E-state index in [1.54, 1.807) is 6.92 Å². The summed E-state index contributed by atoms with van der Waals surface area (Å²) in [6.45, 7) is 11.0. The maximum atomic E-state index is 15.0. The number of rotatable bonds is 11. The average molecular weight is 717 g/mol. The van der Waals surface area contributed by atoms with Crippen molar-refractivity contribution in [1.29, 1.82) is 0 Å². The van der Waals surface area contributed by atoms with Crippen LogP contribution in [0.2, 0.25) is 15.1 Å². The molecule has 1 saturated heterocycles. The molecule has 1 heterocycles. The minimum Gasteiger partial charge on any atom is -0.469 e. The van der Waals surface area contributed by atoms with E-state index >= 15 is 0 Å². The Hall–Kier alpha value is -3.42. The third-order valence-electron chi connectivity index (χ3n) is 10.2. The molecule has 5 atom stereocenters. The molecule has 0 saturated carbocycles. The van der Waals surface area contributed by atoms with Crippen molar-refractivity contribution in [3.05, 3.63) is 130 Å². The molecule has 0 radical (unpaired) electrons. The van der Waals surface area contributed by atoms with Gasteiger partial charge in [-0.25, -0.2) is 0 Å². The van der Waals surface area contributed by atoms with Crippen molar-refractivity contribution in [2.45, 2.75) is 70.5 Å². The number of ether oxygens (including phenoxy) is 1. The number of carbonyl (C=O) groups is 2. The number of piperidine rings is 1. The van der Waals surface area contributed by atoms with E-state index in [0.717, 1.165) is 11.1 Å². The number of hydrogen-bond acceptors (Lipinski definition) is 4. The Kier molecular flexibility index (Phi) is 11.8. The van der Waals surface area contributed by atoms with Gasteiger partial charge < -0.3 is 14.1 Å². The van der Waals surface area contributed by atoms with Crippen LogP contribution in [-0.2, 0) is 18.8 Å². The fourth-order valence-electron chi connectivity index (χ4n) is 7.69. The van der Waals surface area contributed by atoms with Crippen LogP contribution >= 0.6 is 23.2 Å². The average Bonchev–Trinajstić information content (AvgIpc) is 3.10. The fourth-order valence-corrected chi connectivity index (χ4v) is 12.6. The van der Waals surface area contributed by atoms with Crippen molar-refractivity contribution in [1.82, 2.24) is 4.90 Å². The first-order valence-corrected chi connectivity index (χ1v) is 19.7. The third-order valence-corrected chi connectivity index (χ3v) is 15.7. The van der Waals surface area contributed by atoms with Gasteiger partial charge in [-0.3, -0.25) is 9.59 Å². The number of methoxy groups -OCH3 is 1. The topological polar surface area (TPSA) is 55.8 Å². The van der Waals surface area contributed by atoms with Crippen LogP contribution in [0.15, 0.2) is 109 Å². The zero-order chi connectivity index (χ0) is 35.3. The molecule has 1 fully saturated rings. The van der Waals surface area contributed by atoms with E-state index < -0.39 is 26.1 Å². The molecule has 258 valence electrons. The number of nitrogens with zero attached hydrogens (tertiary/aromatic N) is 1. The number of benzene rings is 4. The van der Waals surface area contributed by atoms with Gasteiger partial charge in [0.25, 0.3) is 8.32 Å². The van der Waals surface area contributed by atoms with Crippen molar-refractivity contribution >= 4 is 53.8 Å². The quantitative estimate of drug-likeness (QED) is 0.115. The van der Waals surface area contributed by atoms with Crippen molar-refractivity contribution in [2.75, 3.05) is 13.7 Å². The molecule has 49 heavy (non-hydrogen) atoms. The number of amides is 1. The van der Waals surface area contributed by atoms with Gasteiger partial charge in [-0.15, -0.1) is 0 Å². The third kappa shape index (κ3) is 7.53. The second-order valence-corrected chi connectivity index (χ2v) is 19.3. The normalized spacial score (nSPS) is 19.7.